The first-order chi connectivity index (χ1) is 8.40. The SMILES string of the molecule is CC(C)C[C@@H](N)C(=O)[C@@]1(C)CO1.O=C(O)C(F)(F)F. The number of halogens is 3. The lowest BCUT2D eigenvalue weighted by molar-refractivity contribution is -0.192. The van der Waals surface area contributed by atoms with E-state index < -0.39 is 17.7 Å². The Morgan fingerprint density at radius 3 is 2.00 bits per heavy atom. The van der Waals surface area contributed by atoms with Crippen molar-refractivity contribution >= 4 is 11.8 Å². The minimum absolute atomic E-state index is 0.0520. The second-order valence-corrected chi connectivity index (χ2v) is 4.92. The van der Waals surface area contributed by atoms with Crippen molar-refractivity contribution in [1.82, 2.24) is 0 Å². The number of epoxide rings is 1. The summed E-state index contributed by atoms with van der Waals surface area (Å²) in [5, 5.41) is 7.12. The standard InChI is InChI=1S/C9H17NO2.C2HF3O2/c1-6(2)4-7(10)8(11)9(3)5-12-9;3-2(4,5)1(6)7/h6-7H,4-5,10H2,1-3H3;(H,6,7)/t7-,9-;/m1./s1. The number of nitrogens with two attached hydrogens (primary N) is 1. The Balaban J connectivity index is 0.000000399. The van der Waals surface area contributed by atoms with Gasteiger partial charge in [0.25, 0.3) is 0 Å². The van der Waals surface area contributed by atoms with Crippen molar-refractivity contribution in [2.75, 3.05) is 6.61 Å². The van der Waals surface area contributed by atoms with Gasteiger partial charge in [0.15, 0.2) is 5.78 Å². The van der Waals surface area contributed by atoms with Crippen molar-refractivity contribution in [2.24, 2.45) is 11.7 Å². The van der Waals surface area contributed by atoms with Gasteiger partial charge in [0.2, 0.25) is 0 Å². The van der Waals surface area contributed by atoms with E-state index in [1.54, 1.807) is 6.92 Å². The predicted molar refractivity (Wildman–Crippen MR) is 60.5 cm³/mol. The van der Waals surface area contributed by atoms with E-state index in [2.05, 4.69) is 13.8 Å². The summed E-state index contributed by atoms with van der Waals surface area (Å²) < 4.78 is 36.8. The second kappa shape index (κ2) is 6.33. The van der Waals surface area contributed by atoms with Crippen LogP contribution in [-0.2, 0) is 14.3 Å². The minimum atomic E-state index is -5.08. The first-order valence-electron chi connectivity index (χ1n) is 5.64. The molecule has 0 saturated carbocycles. The van der Waals surface area contributed by atoms with Crippen LogP contribution in [0.3, 0.4) is 0 Å². The molecule has 0 spiro atoms. The molecule has 1 aliphatic rings. The molecule has 5 nitrogen and oxygen atoms in total. The van der Waals surface area contributed by atoms with E-state index in [0.29, 0.717) is 12.5 Å². The molecule has 0 bridgehead atoms. The van der Waals surface area contributed by atoms with Crippen LogP contribution < -0.4 is 5.73 Å². The molecule has 0 aromatic heterocycles. The molecule has 1 fully saturated rings. The average Bonchev–Trinajstić information content (AvgIpc) is 2.95. The molecule has 1 rings (SSSR count). The molecule has 8 heteroatoms. The first-order valence-corrected chi connectivity index (χ1v) is 5.64. The van der Waals surface area contributed by atoms with Gasteiger partial charge < -0.3 is 15.6 Å². The van der Waals surface area contributed by atoms with E-state index in [9.17, 15) is 18.0 Å². The Bertz CT molecular complexity index is 337. The average molecular weight is 285 g/mol. The van der Waals surface area contributed by atoms with E-state index in [0.717, 1.165) is 6.42 Å². The van der Waals surface area contributed by atoms with Gasteiger partial charge >= 0.3 is 12.1 Å². The van der Waals surface area contributed by atoms with Gasteiger partial charge in [-0.25, -0.2) is 4.79 Å². The summed E-state index contributed by atoms with van der Waals surface area (Å²) in [7, 11) is 0. The van der Waals surface area contributed by atoms with Crippen molar-refractivity contribution < 1.29 is 32.6 Å². The third kappa shape index (κ3) is 6.53. The number of carbonyl (C=O) groups is 2. The highest BCUT2D eigenvalue weighted by Gasteiger charge is 2.48. The highest BCUT2D eigenvalue weighted by molar-refractivity contribution is 5.93. The number of Topliss-reactive ketones (excluding diaryl/α,β-unsaturated/α-hetero) is 1. The number of carboxylic acids is 1. The van der Waals surface area contributed by atoms with Gasteiger partial charge in [-0.05, 0) is 19.3 Å². The fourth-order valence-electron chi connectivity index (χ4n) is 1.26. The van der Waals surface area contributed by atoms with E-state index in [4.69, 9.17) is 20.4 Å². The molecular weight excluding hydrogens is 267 g/mol. The Labute approximate surface area is 108 Å². The second-order valence-electron chi connectivity index (χ2n) is 4.92. The molecule has 3 N–H and O–H groups in total. The van der Waals surface area contributed by atoms with Crippen molar-refractivity contribution in [3.05, 3.63) is 0 Å². The molecular formula is C11H18F3NO4. The highest BCUT2D eigenvalue weighted by Crippen LogP contribution is 2.28. The lowest BCUT2D eigenvalue weighted by Gasteiger charge is -2.14. The van der Waals surface area contributed by atoms with Crippen LogP contribution in [0.1, 0.15) is 27.2 Å². The van der Waals surface area contributed by atoms with Crippen molar-refractivity contribution in [1.29, 1.82) is 0 Å². The molecule has 2 atom stereocenters. The number of ketones is 1. The van der Waals surface area contributed by atoms with Gasteiger partial charge in [-0.3, -0.25) is 4.79 Å². The Morgan fingerprint density at radius 1 is 1.42 bits per heavy atom. The van der Waals surface area contributed by atoms with Gasteiger partial charge in [-0.2, -0.15) is 13.2 Å². The normalized spacial score (nSPS) is 23.4. The fraction of sp³-hybridized carbons (Fsp3) is 0.818. The van der Waals surface area contributed by atoms with Crippen LogP contribution in [0.25, 0.3) is 0 Å². The molecule has 1 heterocycles. The van der Waals surface area contributed by atoms with E-state index >= 15 is 0 Å². The number of carbonyl (C=O) groups excluding carboxylic acids is 1. The molecule has 0 aromatic carbocycles. The number of aliphatic carboxylic acids is 1. The molecule has 0 aromatic rings. The molecule has 0 unspecified atom stereocenters. The van der Waals surface area contributed by atoms with Crippen LogP contribution in [0.2, 0.25) is 0 Å². The molecule has 112 valence electrons. The first kappa shape index (κ1) is 17.8. The molecule has 19 heavy (non-hydrogen) atoms. The van der Waals surface area contributed by atoms with Crippen molar-refractivity contribution in [3.8, 4) is 0 Å². The molecule has 1 aliphatic heterocycles. The number of carboxylic acid groups (broad SMARTS) is 1. The summed E-state index contributed by atoms with van der Waals surface area (Å²) >= 11 is 0. The van der Waals surface area contributed by atoms with E-state index in [1.165, 1.54) is 0 Å². The maximum absolute atomic E-state index is 11.5. The zero-order valence-electron chi connectivity index (χ0n) is 11.0. The Hall–Kier alpha value is -1.15. The lowest BCUT2D eigenvalue weighted by atomic mass is 9.94. The summed E-state index contributed by atoms with van der Waals surface area (Å²) in [6.07, 6.45) is -4.34. The van der Waals surface area contributed by atoms with Crippen LogP contribution in [0.4, 0.5) is 13.2 Å². The van der Waals surface area contributed by atoms with Crippen LogP contribution in [0.15, 0.2) is 0 Å². The van der Waals surface area contributed by atoms with Gasteiger partial charge in [0.1, 0.15) is 5.60 Å². The molecule has 0 amide bonds. The summed E-state index contributed by atoms with van der Waals surface area (Å²) in [5.74, 6) is -2.24. The summed E-state index contributed by atoms with van der Waals surface area (Å²) in [5.41, 5.74) is 5.17. The zero-order chi connectivity index (χ0) is 15.4. The highest BCUT2D eigenvalue weighted by atomic mass is 19.4. The van der Waals surface area contributed by atoms with E-state index in [-0.39, 0.29) is 11.8 Å². The van der Waals surface area contributed by atoms with Crippen LogP contribution >= 0.6 is 0 Å². The maximum atomic E-state index is 11.5. The minimum Gasteiger partial charge on any atom is -0.475 e. The predicted octanol–water partition coefficient (Wildman–Crippen LogP) is 1.35. The number of hydrogen-bond donors (Lipinski definition) is 2. The molecule has 0 radical (unpaired) electrons. The maximum Gasteiger partial charge on any atom is 0.490 e. The van der Waals surface area contributed by atoms with E-state index in [1.807, 2.05) is 0 Å². The molecule has 1 saturated heterocycles. The topological polar surface area (TPSA) is 92.9 Å². The lowest BCUT2D eigenvalue weighted by Crippen LogP contribution is -2.40. The molecule has 0 aliphatic carbocycles. The number of alkyl halides is 3. The Morgan fingerprint density at radius 2 is 1.79 bits per heavy atom. The third-order valence-corrected chi connectivity index (χ3v) is 2.40. The van der Waals surface area contributed by atoms with Crippen molar-refractivity contribution in [2.45, 2.75) is 45.0 Å². The van der Waals surface area contributed by atoms with Gasteiger partial charge in [0.05, 0.1) is 12.6 Å². The van der Waals surface area contributed by atoms with Crippen LogP contribution in [-0.4, -0.2) is 41.3 Å². The number of hydrogen-bond acceptors (Lipinski definition) is 4. The van der Waals surface area contributed by atoms with Crippen LogP contribution in [0.5, 0.6) is 0 Å². The largest absolute Gasteiger partial charge is 0.490 e. The van der Waals surface area contributed by atoms with Gasteiger partial charge in [0, 0.05) is 0 Å². The number of ether oxygens (including phenoxy) is 1. The van der Waals surface area contributed by atoms with Crippen LogP contribution in [0, 0.1) is 5.92 Å². The smallest absolute Gasteiger partial charge is 0.475 e. The van der Waals surface area contributed by atoms with Gasteiger partial charge in [-0.15, -0.1) is 0 Å². The van der Waals surface area contributed by atoms with Crippen molar-refractivity contribution in [3.63, 3.8) is 0 Å². The Kier molecular flexibility index (Phi) is 5.95. The monoisotopic (exact) mass is 285 g/mol. The van der Waals surface area contributed by atoms with Gasteiger partial charge in [-0.1, -0.05) is 13.8 Å². The zero-order valence-corrected chi connectivity index (χ0v) is 11.0. The quantitative estimate of drug-likeness (QED) is 0.761. The summed E-state index contributed by atoms with van der Waals surface area (Å²) in [6, 6.07) is -0.350. The summed E-state index contributed by atoms with van der Waals surface area (Å²) in [6.45, 7) is 6.46. The summed E-state index contributed by atoms with van der Waals surface area (Å²) in [4.78, 5) is 20.4. The third-order valence-electron chi connectivity index (χ3n) is 2.40. The number of rotatable bonds is 4. The fourth-order valence-corrected chi connectivity index (χ4v) is 1.26.